The summed E-state index contributed by atoms with van der Waals surface area (Å²) in [5.74, 6) is 0.0811. The third kappa shape index (κ3) is 2.14. The van der Waals surface area contributed by atoms with Gasteiger partial charge in [-0.05, 0) is 17.7 Å². The molecule has 0 N–H and O–H groups in total. The Balaban J connectivity index is 3.02. The molecular weight excluding hydrogens is 189 g/mol. The normalized spacial score (nSPS) is 11.7. The van der Waals surface area contributed by atoms with Gasteiger partial charge in [0.25, 0.3) is 0 Å². The van der Waals surface area contributed by atoms with E-state index in [0.717, 1.165) is 6.07 Å². The SMILES string of the molecule is FC(F)(F)c1[c]ccc(CCl)c1. The molecule has 0 spiro atoms. The maximum Gasteiger partial charge on any atom is 0.417 e. The molecule has 0 fully saturated rings. The zero-order valence-electron chi connectivity index (χ0n) is 5.95. The first-order valence-corrected chi connectivity index (χ1v) is 3.71. The van der Waals surface area contributed by atoms with Crippen LogP contribution in [0.4, 0.5) is 13.2 Å². The Morgan fingerprint density at radius 1 is 1.42 bits per heavy atom. The standard InChI is InChI=1S/C8H5ClF3/c9-5-6-2-1-3-7(4-6)8(10,11)12/h1-2,4H,5H2. The lowest BCUT2D eigenvalue weighted by Gasteiger charge is -2.06. The molecule has 0 unspecified atom stereocenters. The molecule has 1 rings (SSSR count). The summed E-state index contributed by atoms with van der Waals surface area (Å²) in [6.07, 6.45) is -4.33. The Bertz CT molecular complexity index is 267. The molecule has 12 heavy (non-hydrogen) atoms. The van der Waals surface area contributed by atoms with Crippen molar-refractivity contribution in [1.82, 2.24) is 0 Å². The van der Waals surface area contributed by atoms with Crippen LogP contribution in [0.3, 0.4) is 0 Å². The van der Waals surface area contributed by atoms with Gasteiger partial charge in [-0.3, -0.25) is 0 Å². The Morgan fingerprint density at radius 2 is 2.08 bits per heavy atom. The van der Waals surface area contributed by atoms with Gasteiger partial charge in [0.15, 0.2) is 0 Å². The molecule has 0 aliphatic rings. The monoisotopic (exact) mass is 193 g/mol. The predicted molar refractivity (Wildman–Crippen MR) is 39.8 cm³/mol. The lowest BCUT2D eigenvalue weighted by Crippen LogP contribution is -2.05. The number of hydrogen-bond donors (Lipinski definition) is 0. The van der Waals surface area contributed by atoms with Crippen molar-refractivity contribution in [2.24, 2.45) is 0 Å². The number of rotatable bonds is 1. The van der Waals surface area contributed by atoms with Crippen molar-refractivity contribution in [3.63, 3.8) is 0 Å². The van der Waals surface area contributed by atoms with E-state index in [1.165, 1.54) is 12.1 Å². The van der Waals surface area contributed by atoms with Crippen molar-refractivity contribution >= 4 is 11.6 Å². The van der Waals surface area contributed by atoms with E-state index in [0.29, 0.717) is 5.56 Å². The zero-order valence-corrected chi connectivity index (χ0v) is 6.71. The van der Waals surface area contributed by atoms with Crippen LogP contribution < -0.4 is 0 Å². The first-order valence-electron chi connectivity index (χ1n) is 3.18. The third-order valence-corrected chi connectivity index (χ3v) is 1.63. The van der Waals surface area contributed by atoms with E-state index in [1.54, 1.807) is 0 Å². The molecular formula is C8H5ClF3. The van der Waals surface area contributed by atoms with E-state index in [4.69, 9.17) is 11.6 Å². The van der Waals surface area contributed by atoms with Crippen molar-refractivity contribution < 1.29 is 13.2 Å². The highest BCUT2D eigenvalue weighted by Crippen LogP contribution is 2.29. The molecule has 0 bridgehead atoms. The average Bonchev–Trinajstić information content (AvgIpc) is 2.03. The number of benzene rings is 1. The topological polar surface area (TPSA) is 0 Å². The fourth-order valence-corrected chi connectivity index (χ4v) is 0.927. The molecule has 0 aliphatic carbocycles. The summed E-state index contributed by atoms with van der Waals surface area (Å²) < 4.78 is 36.1. The second-order valence-corrected chi connectivity index (χ2v) is 2.51. The molecule has 1 aromatic carbocycles. The quantitative estimate of drug-likeness (QED) is 0.601. The van der Waals surface area contributed by atoms with Crippen molar-refractivity contribution in [2.45, 2.75) is 12.1 Å². The summed E-state index contributed by atoms with van der Waals surface area (Å²) in [5, 5.41) is 0. The molecule has 0 atom stereocenters. The van der Waals surface area contributed by atoms with Crippen molar-refractivity contribution in [3.05, 3.63) is 35.4 Å². The van der Waals surface area contributed by atoms with Crippen LogP contribution in [-0.2, 0) is 12.1 Å². The summed E-state index contributed by atoms with van der Waals surface area (Å²) in [6.45, 7) is 0. The summed E-state index contributed by atoms with van der Waals surface area (Å²) in [6, 6.07) is 5.82. The summed E-state index contributed by atoms with van der Waals surface area (Å²) in [4.78, 5) is 0. The van der Waals surface area contributed by atoms with Gasteiger partial charge in [0.05, 0.1) is 5.56 Å². The molecule has 0 heterocycles. The van der Waals surface area contributed by atoms with Gasteiger partial charge in [-0.1, -0.05) is 12.1 Å². The highest BCUT2D eigenvalue weighted by atomic mass is 35.5. The van der Waals surface area contributed by atoms with Gasteiger partial charge in [-0.25, -0.2) is 0 Å². The molecule has 0 nitrogen and oxygen atoms in total. The minimum Gasteiger partial charge on any atom is -0.166 e. The smallest absolute Gasteiger partial charge is 0.166 e. The van der Waals surface area contributed by atoms with Gasteiger partial charge in [0.2, 0.25) is 0 Å². The summed E-state index contributed by atoms with van der Waals surface area (Å²) in [5.41, 5.74) is -0.330. The second kappa shape index (κ2) is 3.35. The van der Waals surface area contributed by atoms with Crippen LogP contribution in [0.25, 0.3) is 0 Å². The Morgan fingerprint density at radius 3 is 2.58 bits per heavy atom. The number of halogens is 4. The molecule has 0 amide bonds. The van der Waals surface area contributed by atoms with E-state index < -0.39 is 11.7 Å². The Kier molecular flexibility index (Phi) is 2.62. The van der Waals surface area contributed by atoms with Crippen LogP contribution in [0.5, 0.6) is 0 Å². The minimum atomic E-state index is -4.33. The highest BCUT2D eigenvalue weighted by molar-refractivity contribution is 6.17. The maximum atomic E-state index is 12.0. The van der Waals surface area contributed by atoms with E-state index in [2.05, 4.69) is 6.07 Å². The fraction of sp³-hybridized carbons (Fsp3) is 0.250. The van der Waals surface area contributed by atoms with Crippen molar-refractivity contribution in [1.29, 1.82) is 0 Å². The largest absolute Gasteiger partial charge is 0.417 e. The molecule has 1 radical (unpaired) electrons. The van der Waals surface area contributed by atoms with E-state index >= 15 is 0 Å². The van der Waals surface area contributed by atoms with E-state index in [1.807, 2.05) is 0 Å². The van der Waals surface area contributed by atoms with E-state index in [9.17, 15) is 13.2 Å². The van der Waals surface area contributed by atoms with Crippen LogP contribution in [0.1, 0.15) is 11.1 Å². The zero-order chi connectivity index (χ0) is 9.19. The Hall–Kier alpha value is -0.700. The van der Waals surface area contributed by atoms with Gasteiger partial charge < -0.3 is 0 Å². The summed E-state index contributed by atoms with van der Waals surface area (Å²) >= 11 is 5.37. The lowest BCUT2D eigenvalue weighted by atomic mass is 10.1. The van der Waals surface area contributed by atoms with Crippen molar-refractivity contribution in [2.75, 3.05) is 0 Å². The van der Waals surface area contributed by atoms with Crippen LogP contribution in [-0.4, -0.2) is 0 Å². The molecule has 65 valence electrons. The molecule has 0 aromatic heterocycles. The minimum absolute atomic E-state index is 0.0811. The van der Waals surface area contributed by atoms with Crippen molar-refractivity contribution in [3.8, 4) is 0 Å². The van der Waals surface area contributed by atoms with Crippen LogP contribution in [0.15, 0.2) is 18.2 Å². The molecule has 4 heteroatoms. The van der Waals surface area contributed by atoms with Gasteiger partial charge >= 0.3 is 6.18 Å². The Labute approximate surface area is 73.0 Å². The second-order valence-electron chi connectivity index (χ2n) is 2.24. The van der Waals surface area contributed by atoms with Gasteiger partial charge in [-0.15, -0.1) is 11.6 Å². The highest BCUT2D eigenvalue weighted by Gasteiger charge is 2.30. The van der Waals surface area contributed by atoms with Gasteiger partial charge in [0, 0.05) is 5.88 Å². The van der Waals surface area contributed by atoms with Crippen LogP contribution in [0.2, 0.25) is 0 Å². The van der Waals surface area contributed by atoms with Gasteiger partial charge in [0.1, 0.15) is 0 Å². The van der Waals surface area contributed by atoms with Gasteiger partial charge in [-0.2, -0.15) is 13.2 Å². The van der Waals surface area contributed by atoms with Crippen LogP contribution in [0, 0.1) is 6.07 Å². The molecule has 0 saturated carbocycles. The maximum absolute atomic E-state index is 12.0. The molecule has 0 saturated heterocycles. The first kappa shape index (κ1) is 9.39. The summed E-state index contributed by atoms with van der Waals surface area (Å²) in [7, 11) is 0. The molecule has 0 aliphatic heterocycles. The van der Waals surface area contributed by atoms with Crippen LogP contribution >= 0.6 is 11.6 Å². The van der Waals surface area contributed by atoms with E-state index in [-0.39, 0.29) is 5.88 Å². The lowest BCUT2D eigenvalue weighted by molar-refractivity contribution is -0.137. The average molecular weight is 194 g/mol. The fourth-order valence-electron chi connectivity index (χ4n) is 0.760. The first-order chi connectivity index (χ1) is 5.54. The third-order valence-electron chi connectivity index (χ3n) is 1.33. The number of hydrogen-bond acceptors (Lipinski definition) is 0. The number of alkyl halides is 4. The molecule has 1 aromatic rings. The predicted octanol–water partition coefficient (Wildman–Crippen LogP) is 3.24.